The minimum Gasteiger partial charge on any atom is -0.378 e. The number of hydrogen-bond donors (Lipinski definition) is 2. The molecule has 5 heterocycles. The Balaban J connectivity index is 0.975. The lowest BCUT2D eigenvalue weighted by molar-refractivity contribution is -0.137. The first-order valence-electron chi connectivity index (χ1n) is 15.0. The van der Waals surface area contributed by atoms with Gasteiger partial charge in [-0.05, 0) is 61.2 Å². The molecule has 8 heteroatoms. The second kappa shape index (κ2) is 9.96. The van der Waals surface area contributed by atoms with Crippen molar-refractivity contribution < 1.29 is 9.53 Å². The summed E-state index contributed by atoms with van der Waals surface area (Å²) in [4.78, 5) is 23.2. The number of benzene rings is 2. The van der Waals surface area contributed by atoms with E-state index >= 15 is 0 Å². The SMILES string of the molecule is O=C(N[C@H](c1ccccn1)C1CCCC1)c1ccc2[nH]nc(-c3ccc(N4CC5(C4)CN(C4COC4)C5)cc3)c2c1. The van der Waals surface area contributed by atoms with Gasteiger partial charge in [-0.25, -0.2) is 0 Å². The summed E-state index contributed by atoms with van der Waals surface area (Å²) in [5, 5.41) is 12.1. The van der Waals surface area contributed by atoms with E-state index in [-0.39, 0.29) is 11.9 Å². The van der Waals surface area contributed by atoms with Crippen LogP contribution in [0.1, 0.15) is 47.8 Å². The van der Waals surface area contributed by atoms with Gasteiger partial charge in [-0.2, -0.15) is 5.10 Å². The van der Waals surface area contributed by atoms with Crippen molar-refractivity contribution in [3.05, 3.63) is 78.1 Å². The summed E-state index contributed by atoms with van der Waals surface area (Å²) in [6, 6.07) is 21.0. The first-order chi connectivity index (χ1) is 20.1. The van der Waals surface area contributed by atoms with Crippen molar-refractivity contribution in [2.75, 3.05) is 44.3 Å². The fourth-order valence-corrected chi connectivity index (χ4v) is 7.37. The largest absolute Gasteiger partial charge is 0.378 e. The number of nitrogens with zero attached hydrogens (tertiary/aromatic N) is 4. The normalized spacial score (nSPS) is 21.4. The van der Waals surface area contributed by atoms with E-state index in [2.05, 4.69) is 54.6 Å². The maximum absolute atomic E-state index is 13.5. The highest BCUT2D eigenvalue weighted by atomic mass is 16.5. The number of carbonyl (C=O) groups is 1. The molecule has 4 aromatic rings. The first-order valence-corrected chi connectivity index (χ1v) is 15.0. The molecule has 8 nitrogen and oxygen atoms in total. The van der Waals surface area contributed by atoms with Crippen molar-refractivity contribution in [3.8, 4) is 11.3 Å². The number of aromatic amines is 1. The summed E-state index contributed by atoms with van der Waals surface area (Å²) >= 11 is 0. The minimum atomic E-state index is -0.0749. The molecule has 4 aliphatic rings. The van der Waals surface area contributed by atoms with Gasteiger partial charge in [0.25, 0.3) is 5.91 Å². The Morgan fingerprint density at radius 1 is 1.00 bits per heavy atom. The van der Waals surface area contributed by atoms with Gasteiger partial charge in [-0.1, -0.05) is 31.0 Å². The lowest BCUT2D eigenvalue weighted by Crippen LogP contribution is -2.75. The molecule has 1 aliphatic carbocycles. The van der Waals surface area contributed by atoms with Crippen LogP contribution in [0, 0.1) is 11.3 Å². The van der Waals surface area contributed by atoms with Gasteiger partial charge in [-0.15, -0.1) is 0 Å². The second-order valence-corrected chi connectivity index (χ2v) is 12.6. The van der Waals surface area contributed by atoms with E-state index in [0.29, 0.717) is 22.9 Å². The molecule has 210 valence electrons. The Kier molecular flexibility index (Phi) is 6.07. The molecule has 0 bridgehead atoms. The number of aromatic nitrogens is 3. The number of likely N-dealkylation sites (tertiary alicyclic amines) is 1. The van der Waals surface area contributed by atoms with Crippen molar-refractivity contribution in [2.24, 2.45) is 11.3 Å². The number of rotatable bonds is 7. The van der Waals surface area contributed by atoms with Crippen LogP contribution in [0.4, 0.5) is 5.69 Å². The van der Waals surface area contributed by atoms with Gasteiger partial charge in [0.05, 0.1) is 42.2 Å². The van der Waals surface area contributed by atoms with E-state index < -0.39 is 0 Å². The highest BCUT2D eigenvalue weighted by Gasteiger charge is 2.54. The van der Waals surface area contributed by atoms with Crippen LogP contribution in [0.5, 0.6) is 0 Å². The second-order valence-electron chi connectivity index (χ2n) is 12.6. The number of anilines is 1. The van der Waals surface area contributed by atoms with Gasteiger partial charge in [0.1, 0.15) is 0 Å². The maximum atomic E-state index is 13.5. The van der Waals surface area contributed by atoms with Crippen LogP contribution in [0.15, 0.2) is 66.9 Å². The zero-order valence-corrected chi connectivity index (χ0v) is 23.3. The third-order valence-corrected chi connectivity index (χ3v) is 9.76. The van der Waals surface area contributed by atoms with Crippen LogP contribution in [0.25, 0.3) is 22.2 Å². The molecule has 2 aromatic heterocycles. The predicted octanol–water partition coefficient (Wildman–Crippen LogP) is 4.81. The van der Waals surface area contributed by atoms with E-state index in [0.717, 1.165) is 67.0 Å². The number of pyridine rings is 1. The van der Waals surface area contributed by atoms with E-state index in [1.807, 2.05) is 42.6 Å². The predicted molar refractivity (Wildman–Crippen MR) is 159 cm³/mol. The summed E-state index contributed by atoms with van der Waals surface area (Å²) in [5.41, 5.74) is 6.15. The van der Waals surface area contributed by atoms with Gasteiger partial charge < -0.3 is 15.0 Å². The fraction of sp³-hybridized carbons (Fsp3) is 0.424. The van der Waals surface area contributed by atoms with Gasteiger partial charge in [0.2, 0.25) is 0 Å². The zero-order chi connectivity index (χ0) is 27.4. The molecule has 1 atom stereocenters. The van der Waals surface area contributed by atoms with Gasteiger partial charge >= 0.3 is 0 Å². The number of hydrogen-bond acceptors (Lipinski definition) is 6. The minimum absolute atomic E-state index is 0.0666. The third-order valence-electron chi connectivity index (χ3n) is 9.76. The molecule has 0 unspecified atom stereocenters. The number of H-pyrrole nitrogens is 1. The molecule has 0 radical (unpaired) electrons. The smallest absolute Gasteiger partial charge is 0.251 e. The number of fused-ring (bicyclic) bond motifs is 1. The summed E-state index contributed by atoms with van der Waals surface area (Å²) in [5.74, 6) is 0.352. The Labute approximate surface area is 240 Å². The topological polar surface area (TPSA) is 86.4 Å². The van der Waals surface area contributed by atoms with Gasteiger partial charge in [0.15, 0.2) is 0 Å². The van der Waals surface area contributed by atoms with Crippen molar-refractivity contribution in [2.45, 2.75) is 37.8 Å². The molecule has 4 fully saturated rings. The van der Waals surface area contributed by atoms with Crippen LogP contribution in [-0.4, -0.2) is 71.4 Å². The highest BCUT2D eigenvalue weighted by Crippen LogP contribution is 2.44. The number of amides is 1. The van der Waals surface area contributed by atoms with Crippen molar-refractivity contribution in [1.82, 2.24) is 25.4 Å². The standard InChI is InChI=1S/C33H36N6O2/c40-32(35-31(22-5-1-2-6-22)29-7-3-4-14-34-29)24-10-13-28-27(15-24)30(37-36-28)23-8-11-25(12-9-23)38-18-33(19-38)20-39(21-33)26-16-41-17-26/h3-4,7-15,22,26,31H,1-2,5-6,16-21H2,(H,35,40)(H,36,37)/t31-/m0/s1. The molecule has 8 rings (SSSR count). The molecule has 1 spiro atoms. The quantitative estimate of drug-likeness (QED) is 0.345. The molecule has 2 aromatic carbocycles. The lowest BCUT2D eigenvalue weighted by atomic mass is 9.71. The molecular weight excluding hydrogens is 512 g/mol. The summed E-state index contributed by atoms with van der Waals surface area (Å²) in [7, 11) is 0. The van der Waals surface area contributed by atoms with Crippen LogP contribution >= 0.6 is 0 Å². The molecule has 41 heavy (non-hydrogen) atoms. The summed E-state index contributed by atoms with van der Waals surface area (Å²) in [6.45, 7) is 6.46. The van der Waals surface area contributed by atoms with Gasteiger partial charge in [0, 0.05) is 60.0 Å². The van der Waals surface area contributed by atoms with Crippen LogP contribution in [-0.2, 0) is 4.74 Å². The van der Waals surface area contributed by atoms with E-state index in [9.17, 15) is 4.79 Å². The Morgan fingerprint density at radius 3 is 2.51 bits per heavy atom. The van der Waals surface area contributed by atoms with Crippen molar-refractivity contribution in [3.63, 3.8) is 0 Å². The fourth-order valence-electron chi connectivity index (χ4n) is 7.37. The van der Waals surface area contributed by atoms with E-state index in [1.165, 1.54) is 31.6 Å². The monoisotopic (exact) mass is 548 g/mol. The van der Waals surface area contributed by atoms with Crippen LogP contribution in [0.3, 0.4) is 0 Å². The van der Waals surface area contributed by atoms with Crippen LogP contribution in [0.2, 0.25) is 0 Å². The van der Waals surface area contributed by atoms with Crippen molar-refractivity contribution in [1.29, 1.82) is 0 Å². The van der Waals surface area contributed by atoms with Crippen molar-refractivity contribution >= 4 is 22.5 Å². The summed E-state index contributed by atoms with van der Waals surface area (Å²) < 4.78 is 5.36. The molecule has 2 N–H and O–H groups in total. The zero-order valence-electron chi connectivity index (χ0n) is 23.3. The first kappa shape index (κ1) is 25.0. The van der Waals surface area contributed by atoms with Crippen LogP contribution < -0.4 is 10.2 Å². The number of ether oxygens (including phenoxy) is 1. The summed E-state index contributed by atoms with van der Waals surface area (Å²) in [6.07, 6.45) is 6.47. The average Bonchev–Trinajstić information content (AvgIpc) is 3.62. The third kappa shape index (κ3) is 4.50. The maximum Gasteiger partial charge on any atom is 0.251 e. The highest BCUT2D eigenvalue weighted by molar-refractivity contribution is 6.01. The van der Waals surface area contributed by atoms with E-state index in [4.69, 9.17) is 4.74 Å². The molecule has 1 saturated carbocycles. The Morgan fingerprint density at radius 2 is 1.80 bits per heavy atom. The molecule has 1 amide bonds. The average molecular weight is 549 g/mol. The van der Waals surface area contributed by atoms with E-state index in [1.54, 1.807) is 0 Å². The number of carbonyl (C=O) groups excluding carboxylic acids is 1. The Bertz CT molecular complexity index is 1540. The van der Waals surface area contributed by atoms with Gasteiger partial charge in [-0.3, -0.25) is 19.8 Å². The Hall–Kier alpha value is -3.75. The lowest BCUT2D eigenvalue weighted by Gasteiger charge is -2.63. The molecular formula is C33H36N6O2. The molecule has 3 saturated heterocycles. The molecule has 3 aliphatic heterocycles. The number of nitrogens with one attached hydrogen (secondary N) is 2.